The molecule has 1 fully saturated rings. The van der Waals surface area contributed by atoms with Crippen LogP contribution in [-0.2, 0) is 14.3 Å². The van der Waals surface area contributed by atoms with Crippen LogP contribution in [-0.4, -0.2) is 55.0 Å². The normalized spacial score (nSPS) is 16.3. The fourth-order valence-electron chi connectivity index (χ4n) is 2.77. The van der Waals surface area contributed by atoms with Crippen LogP contribution in [0.25, 0.3) is 0 Å². The molecule has 1 aliphatic heterocycles. The van der Waals surface area contributed by atoms with E-state index in [0.717, 1.165) is 12.8 Å². The number of carbonyl (C=O) groups is 3. The third-order valence-corrected chi connectivity index (χ3v) is 4.87. The minimum atomic E-state index is -0.883. The van der Waals surface area contributed by atoms with Crippen LogP contribution >= 0.6 is 15.9 Å². The molecule has 1 aromatic rings. The van der Waals surface area contributed by atoms with E-state index in [2.05, 4.69) is 27.8 Å². The Morgan fingerprint density at radius 1 is 1.43 bits per heavy atom. The molecule has 1 heterocycles. The average molecular weight is 453 g/mol. The molecule has 1 aromatic carbocycles. The topological polar surface area (TPSA) is 84.9 Å². The summed E-state index contributed by atoms with van der Waals surface area (Å²) < 4.78 is 11.3. The summed E-state index contributed by atoms with van der Waals surface area (Å²) in [6.07, 6.45) is 3.13. The third-order valence-electron chi connectivity index (χ3n) is 4.25. The minimum Gasteiger partial charge on any atom is -0.488 e. The lowest BCUT2D eigenvalue weighted by Crippen LogP contribution is -2.57. The summed E-state index contributed by atoms with van der Waals surface area (Å²) in [5.41, 5.74) is 0.400. The summed E-state index contributed by atoms with van der Waals surface area (Å²) in [5.74, 6) is -0.569. The van der Waals surface area contributed by atoms with Crippen molar-refractivity contribution in [2.75, 3.05) is 26.3 Å². The number of piperazine rings is 1. The van der Waals surface area contributed by atoms with Gasteiger partial charge in [0.05, 0.1) is 17.5 Å². The summed E-state index contributed by atoms with van der Waals surface area (Å²) in [4.78, 5) is 38.8. The SMILES string of the molecule is C=CCOc1ccc(C(=O)N2CCNC(=O)C2CC(=O)OCCCC)cc1Br. The number of unbranched alkanes of at least 4 members (excludes halogenated alkanes) is 1. The summed E-state index contributed by atoms with van der Waals surface area (Å²) in [6, 6.07) is 4.07. The average Bonchev–Trinajstić information content (AvgIpc) is 2.68. The zero-order chi connectivity index (χ0) is 20.5. The van der Waals surface area contributed by atoms with Crippen LogP contribution in [0.15, 0.2) is 35.3 Å². The lowest BCUT2D eigenvalue weighted by Gasteiger charge is -2.34. The van der Waals surface area contributed by atoms with Gasteiger partial charge in [0.15, 0.2) is 0 Å². The molecule has 1 unspecified atom stereocenters. The Balaban J connectivity index is 2.12. The highest BCUT2D eigenvalue weighted by Gasteiger charge is 2.35. The van der Waals surface area contributed by atoms with E-state index < -0.39 is 12.0 Å². The number of ether oxygens (including phenoxy) is 2. The van der Waals surface area contributed by atoms with Gasteiger partial charge in [0.1, 0.15) is 18.4 Å². The van der Waals surface area contributed by atoms with E-state index in [9.17, 15) is 14.4 Å². The number of benzene rings is 1. The summed E-state index contributed by atoms with van der Waals surface area (Å²) in [5, 5.41) is 2.71. The molecule has 0 radical (unpaired) electrons. The second kappa shape index (κ2) is 10.8. The number of amides is 2. The summed E-state index contributed by atoms with van der Waals surface area (Å²) >= 11 is 3.39. The molecule has 1 atom stereocenters. The van der Waals surface area contributed by atoms with Gasteiger partial charge >= 0.3 is 5.97 Å². The van der Waals surface area contributed by atoms with E-state index in [1.165, 1.54) is 4.90 Å². The fraction of sp³-hybridized carbons (Fsp3) is 0.450. The van der Waals surface area contributed by atoms with E-state index in [0.29, 0.717) is 42.1 Å². The van der Waals surface area contributed by atoms with Crippen molar-refractivity contribution in [2.45, 2.75) is 32.2 Å². The molecule has 152 valence electrons. The second-order valence-electron chi connectivity index (χ2n) is 6.33. The van der Waals surface area contributed by atoms with Crippen molar-refractivity contribution in [2.24, 2.45) is 0 Å². The first-order chi connectivity index (χ1) is 13.5. The maximum absolute atomic E-state index is 13.0. The first-order valence-corrected chi connectivity index (χ1v) is 10.0. The highest BCUT2D eigenvalue weighted by atomic mass is 79.9. The molecule has 0 aliphatic carbocycles. The zero-order valence-corrected chi connectivity index (χ0v) is 17.5. The van der Waals surface area contributed by atoms with Crippen molar-refractivity contribution in [3.63, 3.8) is 0 Å². The van der Waals surface area contributed by atoms with Gasteiger partial charge in [-0.15, -0.1) is 0 Å². The maximum atomic E-state index is 13.0. The van der Waals surface area contributed by atoms with Crippen LogP contribution in [0.3, 0.4) is 0 Å². The van der Waals surface area contributed by atoms with E-state index in [-0.39, 0.29) is 18.2 Å². The Kier molecular flexibility index (Phi) is 8.50. The Bertz CT molecular complexity index is 737. The van der Waals surface area contributed by atoms with Gasteiger partial charge in [-0.3, -0.25) is 14.4 Å². The van der Waals surface area contributed by atoms with Crippen molar-refractivity contribution < 1.29 is 23.9 Å². The lowest BCUT2D eigenvalue weighted by atomic mass is 10.1. The molecule has 0 aromatic heterocycles. The zero-order valence-electron chi connectivity index (χ0n) is 15.9. The van der Waals surface area contributed by atoms with Gasteiger partial charge in [0, 0.05) is 18.7 Å². The number of nitrogens with zero attached hydrogens (tertiary/aromatic N) is 1. The molecule has 28 heavy (non-hydrogen) atoms. The summed E-state index contributed by atoms with van der Waals surface area (Å²) in [7, 11) is 0. The Morgan fingerprint density at radius 3 is 2.89 bits per heavy atom. The van der Waals surface area contributed by atoms with Crippen LogP contribution in [0.5, 0.6) is 5.75 Å². The predicted molar refractivity (Wildman–Crippen MR) is 108 cm³/mol. The van der Waals surface area contributed by atoms with E-state index in [4.69, 9.17) is 9.47 Å². The number of carbonyl (C=O) groups excluding carboxylic acids is 3. The Morgan fingerprint density at radius 2 is 2.21 bits per heavy atom. The predicted octanol–water partition coefficient (Wildman–Crippen LogP) is 2.69. The highest BCUT2D eigenvalue weighted by molar-refractivity contribution is 9.10. The first-order valence-electron chi connectivity index (χ1n) is 9.25. The third kappa shape index (κ3) is 5.82. The standard InChI is InChI=1S/C20H25BrN2O5/c1-3-5-11-28-18(24)13-16-19(25)22-8-9-23(16)20(26)14-6-7-17(15(21)12-14)27-10-4-2/h4,6-7,12,16H,2-3,5,8-11,13H2,1H3,(H,22,25). The molecule has 1 aliphatic rings. The molecule has 0 bridgehead atoms. The van der Waals surface area contributed by atoms with Gasteiger partial charge < -0.3 is 19.7 Å². The monoisotopic (exact) mass is 452 g/mol. The largest absolute Gasteiger partial charge is 0.488 e. The number of rotatable bonds is 9. The van der Waals surface area contributed by atoms with Crippen molar-refractivity contribution >= 4 is 33.7 Å². The molecule has 0 spiro atoms. The van der Waals surface area contributed by atoms with Gasteiger partial charge in [-0.1, -0.05) is 26.0 Å². The van der Waals surface area contributed by atoms with E-state index >= 15 is 0 Å². The number of hydrogen-bond donors (Lipinski definition) is 1. The van der Waals surface area contributed by atoms with Gasteiger partial charge in [-0.2, -0.15) is 0 Å². The maximum Gasteiger partial charge on any atom is 0.308 e. The molecule has 2 rings (SSSR count). The molecule has 2 amide bonds. The van der Waals surface area contributed by atoms with E-state index in [1.807, 2.05) is 6.92 Å². The molecular formula is C20H25BrN2O5. The van der Waals surface area contributed by atoms with Crippen molar-refractivity contribution in [1.82, 2.24) is 10.2 Å². The lowest BCUT2D eigenvalue weighted by molar-refractivity contribution is -0.147. The van der Waals surface area contributed by atoms with Crippen LogP contribution in [0, 0.1) is 0 Å². The first kappa shape index (κ1) is 21.9. The van der Waals surface area contributed by atoms with Crippen LogP contribution < -0.4 is 10.1 Å². The Hall–Kier alpha value is -2.35. The number of halogens is 1. The van der Waals surface area contributed by atoms with Crippen molar-refractivity contribution in [3.8, 4) is 5.75 Å². The molecule has 1 N–H and O–H groups in total. The number of esters is 1. The van der Waals surface area contributed by atoms with Gasteiger partial charge in [0.2, 0.25) is 5.91 Å². The second-order valence-corrected chi connectivity index (χ2v) is 7.18. The quantitative estimate of drug-likeness (QED) is 0.353. The molecule has 7 nitrogen and oxygen atoms in total. The summed E-state index contributed by atoms with van der Waals surface area (Å²) in [6.45, 7) is 6.92. The van der Waals surface area contributed by atoms with Crippen molar-refractivity contribution in [3.05, 3.63) is 40.9 Å². The fourth-order valence-corrected chi connectivity index (χ4v) is 3.27. The van der Waals surface area contributed by atoms with E-state index in [1.54, 1.807) is 24.3 Å². The molecular weight excluding hydrogens is 428 g/mol. The smallest absolute Gasteiger partial charge is 0.308 e. The highest BCUT2D eigenvalue weighted by Crippen LogP contribution is 2.27. The van der Waals surface area contributed by atoms with Crippen molar-refractivity contribution in [1.29, 1.82) is 0 Å². The molecule has 8 heteroatoms. The van der Waals surface area contributed by atoms with Crippen LogP contribution in [0.2, 0.25) is 0 Å². The van der Waals surface area contributed by atoms with Gasteiger partial charge in [-0.25, -0.2) is 0 Å². The molecule has 1 saturated heterocycles. The Labute approximate surface area is 173 Å². The minimum absolute atomic E-state index is 0.164. The van der Waals surface area contributed by atoms with Gasteiger partial charge in [-0.05, 0) is 40.5 Å². The van der Waals surface area contributed by atoms with Gasteiger partial charge in [0.25, 0.3) is 5.91 Å². The molecule has 0 saturated carbocycles. The van der Waals surface area contributed by atoms with Crippen LogP contribution in [0.4, 0.5) is 0 Å². The number of nitrogens with one attached hydrogen (secondary N) is 1. The number of hydrogen-bond acceptors (Lipinski definition) is 5. The van der Waals surface area contributed by atoms with Crippen LogP contribution in [0.1, 0.15) is 36.5 Å².